The zero-order chi connectivity index (χ0) is 11.5. The van der Waals surface area contributed by atoms with Crippen LogP contribution in [0.25, 0.3) is 0 Å². The third-order valence-corrected chi connectivity index (χ3v) is 2.67. The highest BCUT2D eigenvalue weighted by Crippen LogP contribution is 2.11. The number of carbonyl (C=O) groups is 2. The van der Waals surface area contributed by atoms with E-state index in [1.165, 1.54) is 24.3 Å². The fraction of sp³-hybridized carbons (Fsp3) is 0.333. The molecule has 0 aliphatic carbocycles. The van der Waals surface area contributed by atoms with Crippen LogP contribution in [0.2, 0.25) is 0 Å². The first-order valence-corrected chi connectivity index (χ1v) is 5.21. The third-order valence-electron chi connectivity index (χ3n) is 2.67. The maximum atomic E-state index is 12.7. The molecule has 4 heteroatoms. The van der Waals surface area contributed by atoms with Gasteiger partial charge < -0.3 is 5.32 Å². The van der Waals surface area contributed by atoms with Crippen molar-refractivity contribution >= 4 is 11.6 Å². The van der Waals surface area contributed by atoms with Crippen molar-refractivity contribution in [1.82, 2.24) is 5.32 Å². The van der Waals surface area contributed by atoms with Crippen LogP contribution in [-0.2, 0) is 4.79 Å². The van der Waals surface area contributed by atoms with Crippen LogP contribution >= 0.6 is 0 Å². The Morgan fingerprint density at radius 3 is 2.62 bits per heavy atom. The standard InChI is InChI=1S/C12H12FNO2/c13-9-3-1-8(2-4-9)12(16)11-7-10(15)5-6-14-11/h1-4,11,14H,5-7H2. The van der Waals surface area contributed by atoms with E-state index in [-0.39, 0.29) is 23.8 Å². The molecule has 0 saturated carbocycles. The van der Waals surface area contributed by atoms with Crippen LogP contribution in [0.15, 0.2) is 24.3 Å². The number of halogens is 1. The van der Waals surface area contributed by atoms with Crippen LogP contribution in [0.1, 0.15) is 23.2 Å². The summed E-state index contributed by atoms with van der Waals surface area (Å²) in [6.45, 7) is 0.538. The lowest BCUT2D eigenvalue weighted by atomic mass is 9.96. The SMILES string of the molecule is O=C1CCNC(C(=O)c2ccc(F)cc2)C1. The number of hydrogen-bond donors (Lipinski definition) is 1. The molecule has 0 radical (unpaired) electrons. The van der Waals surface area contributed by atoms with Crippen LogP contribution in [-0.4, -0.2) is 24.2 Å². The average Bonchev–Trinajstić information content (AvgIpc) is 2.29. The quantitative estimate of drug-likeness (QED) is 0.766. The number of rotatable bonds is 2. The summed E-state index contributed by atoms with van der Waals surface area (Å²) in [6.07, 6.45) is 0.712. The Balaban J connectivity index is 2.12. The van der Waals surface area contributed by atoms with Gasteiger partial charge in [-0.25, -0.2) is 4.39 Å². The van der Waals surface area contributed by atoms with Gasteiger partial charge in [-0.1, -0.05) is 0 Å². The van der Waals surface area contributed by atoms with Gasteiger partial charge in [0.15, 0.2) is 5.78 Å². The molecule has 0 amide bonds. The zero-order valence-electron chi connectivity index (χ0n) is 8.70. The molecule has 84 valence electrons. The summed E-state index contributed by atoms with van der Waals surface area (Å²) in [7, 11) is 0. The van der Waals surface area contributed by atoms with Crippen molar-refractivity contribution in [3.63, 3.8) is 0 Å². The Kier molecular flexibility index (Phi) is 3.10. The van der Waals surface area contributed by atoms with Crippen LogP contribution in [0.3, 0.4) is 0 Å². The number of Topliss-reactive ketones (excluding diaryl/α,β-unsaturated/α-hetero) is 2. The van der Waals surface area contributed by atoms with Crippen molar-refractivity contribution in [2.75, 3.05) is 6.54 Å². The molecule has 2 rings (SSSR count). The normalized spacial score (nSPS) is 20.8. The summed E-state index contributed by atoms with van der Waals surface area (Å²) in [6, 6.07) is 4.93. The molecule has 1 atom stereocenters. The smallest absolute Gasteiger partial charge is 0.180 e. The van der Waals surface area contributed by atoms with Gasteiger partial charge in [-0.15, -0.1) is 0 Å². The van der Waals surface area contributed by atoms with Gasteiger partial charge in [0.2, 0.25) is 0 Å². The Morgan fingerprint density at radius 2 is 2.00 bits per heavy atom. The van der Waals surface area contributed by atoms with E-state index in [0.717, 1.165) is 0 Å². The molecule has 1 saturated heterocycles. The highest BCUT2D eigenvalue weighted by Gasteiger charge is 2.25. The summed E-state index contributed by atoms with van der Waals surface area (Å²) < 4.78 is 12.7. The van der Waals surface area contributed by atoms with Gasteiger partial charge in [-0.05, 0) is 24.3 Å². The van der Waals surface area contributed by atoms with Crippen molar-refractivity contribution in [2.45, 2.75) is 18.9 Å². The molecule has 16 heavy (non-hydrogen) atoms. The predicted octanol–water partition coefficient (Wildman–Crippen LogP) is 1.33. The minimum Gasteiger partial charge on any atom is -0.306 e. The maximum absolute atomic E-state index is 12.7. The van der Waals surface area contributed by atoms with E-state index in [2.05, 4.69) is 5.32 Å². The van der Waals surface area contributed by atoms with E-state index in [0.29, 0.717) is 18.5 Å². The molecular weight excluding hydrogens is 209 g/mol. The summed E-state index contributed by atoms with van der Waals surface area (Å²) in [5, 5.41) is 3.00. The molecule has 1 aliphatic rings. The number of ketones is 2. The predicted molar refractivity (Wildman–Crippen MR) is 56.8 cm³/mol. The highest BCUT2D eigenvalue weighted by molar-refractivity contribution is 6.02. The molecule has 3 nitrogen and oxygen atoms in total. The molecule has 1 heterocycles. The molecule has 1 fully saturated rings. The minimum absolute atomic E-state index is 0.0965. The molecule has 1 aliphatic heterocycles. The lowest BCUT2D eigenvalue weighted by Gasteiger charge is -2.21. The van der Waals surface area contributed by atoms with E-state index >= 15 is 0 Å². The zero-order valence-corrected chi connectivity index (χ0v) is 8.70. The Bertz CT molecular complexity index is 414. The molecule has 0 aromatic heterocycles. The van der Waals surface area contributed by atoms with E-state index in [4.69, 9.17) is 0 Å². The number of benzene rings is 1. The monoisotopic (exact) mass is 221 g/mol. The van der Waals surface area contributed by atoms with Gasteiger partial charge in [0.25, 0.3) is 0 Å². The van der Waals surface area contributed by atoms with E-state index < -0.39 is 6.04 Å². The Labute approximate surface area is 92.7 Å². The number of carbonyl (C=O) groups excluding carboxylic acids is 2. The number of nitrogens with one attached hydrogen (secondary N) is 1. The van der Waals surface area contributed by atoms with E-state index in [1.54, 1.807) is 0 Å². The fourth-order valence-electron chi connectivity index (χ4n) is 1.79. The highest BCUT2D eigenvalue weighted by atomic mass is 19.1. The first kappa shape index (κ1) is 11.0. The van der Waals surface area contributed by atoms with Gasteiger partial charge in [0, 0.05) is 24.9 Å². The van der Waals surface area contributed by atoms with Crippen molar-refractivity contribution < 1.29 is 14.0 Å². The van der Waals surface area contributed by atoms with E-state index in [9.17, 15) is 14.0 Å². The van der Waals surface area contributed by atoms with Gasteiger partial charge in [-0.3, -0.25) is 9.59 Å². The molecule has 1 unspecified atom stereocenters. The van der Waals surface area contributed by atoms with Crippen LogP contribution in [0.4, 0.5) is 4.39 Å². The molecule has 1 aromatic carbocycles. The third kappa shape index (κ3) is 2.33. The second-order valence-corrected chi connectivity index (χ2v) is 3.87. The number of piperidine rings is 1. The molecule has 0 spiro atoms. The second-order valence-electron chi connectivity index (χ2n) is 3.87. The fourth-order valence-corrected chi connectivity index (χ4v) is 1.79. The van der Waals surface area contributed by atoms with Crippen molar-refractivity contribution in [3.8, 4) is 0 Å². The van der Waals surface area contributed by atoms with Crippen molar-refractivity contribution in [1.29, 1.82) is 0 Å². The largest absolute Gasteiger partial charge is 0.306 e. The molecule has 0 bridgehead atoms. The summed E-state index contributed by atoms with van der Waals surface area (Å²) in [5.41, 5.74) is 0.439. The van der Waals surface area contributed by atoms with Gasteiger partial charge in [-0.2, -0.15) is 0 Å². The summed E-state index contributed by atoms with van der Waals surface area (Å²) >= 11 is 0. The Hall–Kier alpha value is -1.55. The topological polar surface area (TPSA) is 46.2 Å². The van der Waals surface area contributed by atoms with Crippen LogP contribution < -0.4 is 5.32 Å². The first-order valence-electron chi connectivity index (χ1n) is 5.21. The Morgan fingerprint density at radius 1 is 1.31 bits per heavy atom. The molecular formula is C12H12FNO2. The lowest BCUT2D eigenvalue weighted by Crippen LogP contribution is -2.43. The maximum Gasteiger partial charge on any atom is 0.180 e. The molecule has 1 aromatic rings. The first-order chi connectivity index (χ1) is 7.66. The van der Waals surface area contributed by atoms with Crippen LogP contribution in [0.5, 0.6) is 0 Å². The van der Waals surface area contributed by atoms with Crippen molar-refractivity contribution in [2.24, 2.45) is 0 Å². The van der Waals surface area contributed by atoms with Crippen LogP contribution in [0, 0.1) is 5.82 Å². The van der Waals surface area contributed by atoms with Crippen molar-refractivity contribution in [3.05, 3.63) is 35.6 Å². The van der Waals surface area contributed by atoms with Gasteiger partial charge >= 0.3 is 0 Å². The molecule has 1 N–H and O–H groups in total. The second kappa shape index (κ2) is 4.53. The summed E-state index contributed by atoms with van der Waals surface area (Å²) in [4.78, 5) is 23.1. The average molecular weight is 221 g/mol. The van der Waals surface area contributed by atoms with Gasteiger partial charge in [0.1, 0.15) is 11.6 Å². The lowest BCUT2D eigenvalue weighted by molar-refractivity contribution is -0.120. The van der Waals surface area contributed by atoms with Gasteiger partial charge in [0.05, 0.1) is 6.04 Å². The summed E-state index contributed by atoms with van der Waals surface area (Å²) in [5.74, 6) is -0.420. The minimum atomic E-state index is -0.452. The number of hydrogen-bond acceptors (Lipinski definition) is 3. The van der Waals surface area contributed by atoms with E-state index in [1.807, 2.05) is 0 Å².